The third-order valence-electron chi connectivity index (χ3n) is 3.36. The van der Waals surface area contributed by atoms with Crippen molar-refractivity contribution in [1.29, 1.82) is 0 Å². The first-order valence-corrected chi connectivity index (χ1v) is 8.62. The summed E-state index contributed by atoms with van der Waals surface area (Å²) in [7, 11) is -1.08. The number of rotatable bonds is 3. The minimum Gasteiger partial charge on any atom is -0.444 e. The Morgan fingerprint density at radius 2 is 2.00 bits per heavy atom. The van der Waals surface area contributed by atoms with Crippen molar-refractivity contribution < 1.29 is 13.7 Å². The monoisotopic (exact) mass is 309 g/mol. The highest BCUT2D eigenvalue weighted by Gasteiger charge is 2.33. The lowest BCUT2D eigenvalue weighted by atomic mass is 10.2. The van der Waals surface area contributed by atoms with Crippen LogP contribution in [0, 0.1) is 0 Å². The van der Waals surface area contributed by atoms with E-state index >= 15 is 0 Å². The van der Waals surface area contributed by atoms with Gasteiger partial charge in [0.15, 0.2) is 0 Å². The molecule has 1 amide bonds. The molecule has 21 heavy (non-hydrogen) atoms. The molecule has 116 valence electrons. The van der Waals surface area contributed by atoms with Gasteiger partial charge in [-0.05, 0) is 45.7 Å². The van der Waals surface area contributed by atoms with Crippen molar-refractivity contribution in [2.45, 2.75) is 50.2 Å². The molecule has 0 aromatic heterocycles. The van der Waals surface area contributed by atoms with E-state index in [1.807, 2.05) is 51.1 Å². The van der Waals surface area contributed by atoms with Crippen LogP contribution in [0.3, 0.4) is 0 Å². The highest BCUT2D eigenvalue weighted by Crippen LogP contribution is 2.22. The molecule has 1 aromatic carbocycles. The molecule has 2 atom stereocenters. The molecule has 0 bridgehead atoms. The number of likely N-dealkylation sites (tertiary alicyclic amines) is 1. The summed E-state index contributed by atoms with van der Waals surface area (Å²) in [5.74, 6) is 0.475. The summed E-state index contributed by atoms with van der Waals surface area (Å²) in [5.41, 5.74) is -0.497. The zero-order valence-electron chi connectivity index (χ0n) is 12.9. The third kappa shape index (κ3) is 4.56. The van der Waals surface area contributed by atoms with Crippen molar-refractivity contribution in [3.8, 4) is 0 Å². The number of hydrogen-bond donors (Lipinski definition) is 0. The van der Waals surface area contributed by atoms with Crippen LogP contribution in [0.15, 0.2) is 35.2 Å². The average molecular weight is 309 g/mol. The first kappa shape index (κ1) is 16.0. The molecule has 0 saturated carbocycles. The van der Waals surface area contributed by atoms with Gasteiger partial charge in [-0.25, -0.2) is 4.79 Å². The maximum atomic E-state index is 12.4. The van der Waals surface area contributed by atoms with Crippen LogP contribution in [0.5, 0.6) is 0 Å². The van der Waals surface area contributed by atoms with Gasteiger partial charge in [0.25, 0.3) is 0 Å². The van der Waals surface area contributed by atoms with Crippen molar-refractivity contribution in [2.75, 3.05) is 12.3 Å². The summed E-state index contributed by atoms with van der Waals surface area (Å²) in [6, 6.07) is 9.40. The summed E-state index contributed by atoms with van der Waals surface area (Å²) >= 11 is 0. The van der Waals surface area contributed by atoms with Crippen molar-refractivity contribution >= 4 is 16.9 Å². The predicted octanol–water partition coefficient (Wildman–Crippen LogP) is 3.19. The molecule has 1 saturated heterocycles. The molecule has 5 heteroatoms. The van der Waals surface area contributed by atoms with E-state index in [1.54, 1.807) is 4.90 Å². The fourth-order valence-corrected chi connectivity index (χ4v) is 3.76. The molecule has 1 fully saturated rings. The number of amides is 1. The molecule has 2 unspecified atom stereocenters. The Morgan fingerprint density at radius 1 is 1.33 bits per heavy atom. The molecule has 2 rings (SSSR count). The molecular weight excluding hydrogens is 286 g/mol. The van der Waals surface area contributed by atoms with E-state index in [9.17, 15) is 9.00 Å². The van der Waals surface area contributed by atoms with E-state index in [0.717, 1.165) is 17.7 Å². The lowest BCUT2D eigenvalue weighted by molar-refractivity contribution is 0.0241. The number of ether oxygens (including phenoxy) is 1. The fraction of sp³-hybridized carbons (Fsp3) is 0.562. The predicted molar refractivity (Wildman–Crippen MR) is 83.7 cm³/mol. The maximum Gasteiger partial charge on any atom is 0.410 e. The number of benzene rings is 1. The van der Waals surface area contributed by atoms with Crippen molar-refractivity contribution in [1.82, 2.24) is 4.90 Å². The largest absolute Gasteiger partial charge is 0.444 e. The average Bonchev–Trinajstić information content (AvgIpc) is 2.86. The van der Waals surface area contributed by atoms with Crippen LogP contribution < -0.4 is 0 Å². The van der Waals surface area contributed by atoms with E-state index in [1.165, 1.54) is 0 Å². The second kappa shape index (κ2) is 6.60. The number of carbonyl (C=O) groups excluding carboxylic acids is 1. The normalized spacial score (nSPS) is 20.3. The van der Waals surface area contributed by atoms with E-state index in [2.05, 4.69) is 0 Å². The van der Waals surface area contributed by atoms with E-state index < -0.39 is 16.4 Å². The Labute approximate surface area is 128 Å². The topological polar surface area (TPSA) is 46.6 Å². The summed E-state index contributed by atoms with van der Waals surface area (Å²) < 4.78 is 17.8. The molecule has 0 N–H and O–H groups in total. The van der Waals surface area contributed by atoms with Crippen LogP contribution in [0.2, 0.25) is 0 Å². The molecule has 0 aliphatic carbocycles. The van der Waals surface area contributed by atoms with Crippen LogP contribution in [0.4, 0.5) is 4.79 Å². The molecular formula is C16H23NO3S. The van der Waals surface area contributed by atoms with Gasteiger partial charge in [0, 0.05) is 23.2 Å². The summed E-state index contributed by atoms with van der Waals surface area (Å²) in [6.07, 6.45) is 1.53. The zero-order chi connectivity index (χ0) is 15.5. The number of nitrogens with zero attached hydrogens (tertiary/aromatic N) is 1. The van der Waals surface area contributed by atoms with Crippen LogP contribution in [0.25, 0.3) is 0 Å². The van der Waals surface area contributed by atoms with Crippen molar-refractivity contribution in [3.63, 3.8) is 0 Å². The van der Waals surface area contributed by atoms with Gasteiger partial charge in [-0.2, -0.15) is 0 Å². The van der Waals surface area contributed by atoms with Gasteiger partial charge >= 0.3 is 6.09 Å². The van der Waals surface area contributed by atoms with Crippen LogP contribution >= 0.6 is 0 Å². The van der Waals surface area contributed by atoms with Crippen LogP contribution in [-0.4, -0.2) is 39.1 Å². The number of hydrogen-bond acceptors (Lipinski definition) is 3. The van der Waals surface area contributed by atoms with Crippen LogP contribution in [-0.2, 0) is 15.5 Å². The molecule has 1 aromatic rings. The SMILES string of the molecule is CC(C)(C)OC(=O)N1CCCC1CS(=O)c1ccccc1. The Bertz CT molecular complexity index is 510. The minimum atomic E-state index is -1.08. The first-order chi connectivity index (χ1) is 9.87. The van der Waals surface area contributed by atoms with Gasteiger partial charge in [-0.15, -0.1) is 0 Å². The molecule has 0 spiro atoms. The summed E-state index contributed by atoms with van der Waals surface area (Å²) in [6.45, 7) is 6.26. The van der Waals surface area contributed by atoms with Gasteiger partial charge in [0.05, 0.1) is 10.8 Å². The Kier molecular flexibility index (Phi) is 5.04. The lowest BCUT2D eigenvalue weighted by Crippen LogP contribution is -2.42. The zero-order valence-corrected chi connectivity index (χ0v) is 13.7. The quantitative estimate of drug-likeness (QED) is 0.861. The van der Waals surface area contributed by atoms with Gasteiger partial charge in [-0.3, -0.25) is 4.21 Å². The summed E-state index contributed by atoms with van der Waals surface area (Å²) in [4.78, 5) is 14.7. The maximum absolute atomic E-state index is 12.4. The first-order valence-electron chi connectivity index (χ1n) is 7.30. The Hall–Kier alpha value is -1.36. The van der Waals surface area contributed by atoms with Gasteiger partial charge in [0.1, 0.15) is 5.60 Å². The van der Waals surface area contributed by atoms with Gasteiger partial charge < -0.3 is 9.64 Å². The minimum absolute atomic E-state index is 0.000824. The van der Waals surface area contributed by atoms with E-state index in [4.69, 9.17) is 4.74 Å². The summed E-state index contributed by atoms with van der Waals surface area (Å²) in [5, 5.41) is 0. The fourth-order valence-electron chi connectivity index (χ4n) is 2.41. The standard InChI is InChI=1S/C16H23NO3S/c1-16(2,3)20-15(18)17-11-7-8-13(17)12-21(19)14-9-5-4-6-10-14/h4-6,9-10,13H,7-8,11-12H2,1-3H3. The molecule has 1 aliphatic heterocycles. The molecule has 1 aliphatic rings. The van der Waals surface area contributed by atoms with E-state index in [0.29, 0.717) is 12.3 Å². The number of carbonyl (C=O) groups is 1. The van der Waals surface area contributed by atoms with Crippen LogP contribution in [0.1, 0.15) is 33.6 Å². The smallest absolute Gasteiger partial charge is 0.410 e. The molecule has 0 radical (unpaired) electrons. The lowest BCUT2D eigenvalue weighted by Gasteiger charge is -2.28. The van der Waals surface area contributed by atoms with E-state index in [-0.39, 0.29) is 12.1 Å². The molecule has 1 heterocycles. The Morgan fingerprint density at radius 3 is 2.62 bits per heavy atom. The highest BCUT2D eigenvalue weighted by molar-refractivity contribution is 7.85. The third-order valence-corrected chi connectivity index (χ3v) is 4.84. The molecule has 4 nitrogen and oxygen atoms in total. The van der Waals surface area contributed by atoms with Crippen molar-refractivity contribution in [2.24, 2.45) is 0 Å². The highest BCUT2D eigenvalue weighted by atomic mass is 32.2. The second-order valence-corrected chi connectivity index (χ2v) is 7.79. The van der Waals surface area contributed by atoms with Crippen molar-refractivity contribution in [3.05, 3.63) is 30.3 Å². The second-order valence-electron chi connectivity index (χ2n) is 6.30. The Balaban J connectivity index is 1.99. The van der Waals surface area contributed by atoms with Gasteiger partial charge in [-0.1, -0.05) is 18.2 Å². The van der Waals surface area contributed by atoms with Gasteiger partial charge in [0.2, 0.25) is 0 Å².